The number of aromatic nitrogens is 1. The van der Waals surface area contributed by atoms with Gasteiger partial charge in [-0.1, -0.05) is 12.1 Å². The Bertz CT molecular complexity index is 1280. The molecule has 9 heteroatoms. The van der Waals surface area contributed by atoms with Gasteiger partial charge in [0.1, 0.15) is 11.6 Å². The quantitative estimate of drug-likeness (QED) is 0.678. The molecular formula is C22H22FN5O2S. The van der Waals surface area contributed by atoms with E-state index in [1.54, 1.807) is 24.3 Å². The molecule has 0 amide bonds. The smallest absolute Gasteiger partial charge is 0.266 e. The van der Waals surface area contributed by atoms with E-state index in [-0.39, 0.29) is 23.2 Å². The van der Waals surface area contributed by atoms with Gasteiger partial charge >= 0.3 is 0 Å². The molecule has 0 fully saturated rings. The number of hydrogen-bond donors (Lipinski definition) is 1. The lowest BCUT2D eigenvalue weighted by Crippen LogP contribution is -2.39. The lowest BCUT2D eigenvalue weighted by atomic mass is 10.1. The Morgan fingerprint density at radius 3 is 2.61 bits per heavy atom. The van der Waals surface area contributed by atoms with Gasteiger partial charge in [0.05, 0.1) is 17.5 Å². The number of sulfonamides is 1. The molecule has 3 aromatic rings. The van der Waals surface area contributed by atoms with Gasteiger partial charge in [-0.25, -0.2) is 22.1 Å². The van der Waals surface area contributed by atoms with Gasteiger partial charge in [-0.3, -0.25) is 0 Å². The van der Waals surface area contributed by atoms with Crippen molar-refractivity contribution in [3.8, 4) is 0 Å². The van der Waals surface area contributed by atoms with Crippen LogP contribution in [-0.4, -0.2) is 36.3 Å². The average molecular weight is 440 g/mol. The zero-order chi connectivity index (χ0) is 21.8. The first-order valence-corrected chi connectivity index (χ1v) is 11.4. The third kappa shape index (κ3) is 3.25. The first-order valence-electron chi connectivity index (χ1n) is 9.98. The second-order valence-electron chi connectivity index (χ2n) is 7.76. The molecule has 31 heavy (non-hydrogen) atoms. The number of aryl methyl sites for hydroxylation is 1. The molecule has 0 saturated carbocycles. The van der Waals surface area contributed by atoms with Crippen molar-refractivity contribution >= 4 is 27.5 Å². The maximum absolute atomic E-state index is 13.3. The molecule has 7 nitrogen and oxygen atoms in total. The van der Waals surface area contributed by atoms with E-state index in [0.717, 1.165) is 34.3 Å². The Balaban J connectivity index is 1.42. The summed E-state index contributed by atoms with van der Waals surface area (Å²) in [7, 11) is -1.87. The maximum Gasteiger partial charge on any atom is 0.266 e. The first-order chi connectivity index (χ1) is 14.8. The second-order valence-corrected chi connectivity index (χ2v) is 9.62. The van der Waals surface area contributed by atoms with Gasteiger partial charge in [0.25, 0.3) is 10.0 Å². The zero-order valence-corrected chi connectivity index (χ0v) is 17.8. The highest BCUT2D eigenvalue weighted by Gasteiger charge is 2.35. The van der Waals surface area contributed by atoms with E-state index < -0.39 is 16.1 Å². The maximum atomic E-state index is 13.3. The largest absolute Gasteiger partial charge is 0.369 e. The third-order valence-electron chi connectivity index (χ3n) is 5.86. The third-order valence-corrected chi connectivity index (χ3v) is 7.63. The number of fused-ring (bicyclic) bond motifs is 1. The van der Waals surface area contributed by atoms with Crippen LogP contribution >= 0.6 is 0 Å². The summed E-state index contributed by atoms with van der Waals surface area (Å²) >= 11 is 0. The number of hydrogen-bond acceptors (Lipinski definition) is 5. The topological polar surface area (TPSA) is 83.9 Å². The van der Waals surface area contributed by atoms with E-state index in [0.29, 0.717) is 5.56 Å². The van der Waals surface area contributed by atoms with Gasteiger partial charge < -0.3 is 15.2 Å². The number of guanidine groups is 1. The van der Waals surface area contributed by atoms with Crippen molar-refractivity contribution in [2.45, 2.75) is 17.4 Å². The van der Waals surface area contributed by atoms with Gasteiger partial charge in [0, 0.05) is 25.5 Å². The molecule has 2 N–H and O–H groups in total. The van der Waals surface area contributed by atoms with Crippen LogP contribution in [-0.2, 0) is 23.5 Å². The summed E-state index contributed by atoms with van der Waals surface area (Å²) in [6.45, 7) is 0.878. The van der Waals surface area contributed by atoms with Crippen LogP contribution in [0.3, 0.4) is 0 Å². The van der Waals surface area contributed by atoms with E-state index in [1.165, 1.54) is 12.1 Å². The van der Waals surface area contributed by atoms with Crippen LogP contribution in [0.25, 0.3) is 0 Å². The van der Waals surface area contributed by atoms with Crippen LogP contribution in [0.5, 0.6) is 0 Å². The summed E-state index contributed by atoms with van der Waals surface area (Å²) in [6.07, 6.45) is 2.74. The molecule has 3 heterocycles. The summed E-state index contributed by atoms with van der Waals surface area (Å²) in [6, 6.07) is 14.6. The Morgan fingerprint density at radius 2 is 1.90 bits per heavy atom. The Hall–Kier alpha value is -3.33. The number of rotatable bonds is 4. The predicted molar refractivity (Wildman–Crippen MR) is 117 cm³/mol. The first kappa shape index (κ1) is 19.6. The van der Waals surface area contributed by atoms with Gasteiger partial charge in [0.2, 0.25) is 5.96 Å². The number of nitrogens with two attached hydrogens (primary N) is 1. The number of anilines is 2. The molecule has 2 aliphatic heterocycles. The summed E-state index contributed by atoms with van der Waals surface area (Å²) in [4.78, 5) is 6.67. The highest BCUT2D eigenvalue weighted by molar-refractivity contribution is 7.89. The number of aliphatic imine (C=N–C) groups is 1. The molecule has 0 saturated heterocycles. The molecular weight excluding hydrogens is 417 g/mol. The van der Waals surface area contributed by atoms with Crippen molar-refractivity contribution in [2.24, 2.45) is 17.8 Å². The Morgan fingerprint density at radius 1 is 1.13 bits per heavy atom. The molecule has 0 radical (unpaired) electrons. The molecule has 0 aliphatic carbocycles. The van der Waals surface area contributed by atoms with Crippen molar-refractivity contribution in [3.05, 3.63) is 77.7 Å². The van der Waals surface area contributed by atoms with Crippen LogP contribution in [0.4, 0.5) is 15.9 Å². The minimum Gasteiger partial charge on any atom is -0.369 e. The van der Waals surface area contributed by atoms with Crippen LogP contribution in [0.15, 0.2) is 70.7 Å². The molecule has 2 aliphatic rings. The van der Waals surface area contributed by atoms with Crippen molar-refractivity contribution in [1.29, 1.82) is 0 Å². The number of halogens is 1. The molecule has 1 unspecified atom stereocenters. The highest BCUT2D eigenvalue weighted by Crippen LogP contribution is 2.37. The normalized spacial score (nSPS) is 18.4. The van der Waals surface area contributed by atoms with Crippen molar-refractivity contribution in [3.63, 3.8) is 0 Å². The lowest BCUT2D eigenvalue weighted by Gasteiger charge is -2.21. The highest BCUT2D eigenvalue weighted by atomic mass is 32.2. The number of benzene rings is 2. The lowest BCUT2D eigenvalue weighted by molar-refractivity contribution is 0.518. The van der Waals surface area contributed by atoms with E-state index >= 15 is 0 Å². The van der Waals surface area contributed by atoms with Crippen LogP contribution in [0.2, 0.25) is 0 Å². The molecule has 0 spiro atoms. The van der Waals surface area contributed by atoms with Crippen LogP contribution in [0, 0.1) is 5.82 Å². The fourth-order valence-corrected chi connectivity index (χ4v) is 5.65. The molecule has 5 rings (SSSR count). The van der Waals surface area contributed by atoms with Crippen molar-refractivity contribution in [2.75, 3.05) is 18.0 Å². The molecule has 2 aromatic carbocycles. The van der Waals surface area contributed by atoms with E-state index in [2.05, 4.69) is 9.89 Å². The standard InChI is InChI=1S/C22H22FN5O2S/c1-26-11-2-3-21(26)27-12-10-16-13-18(8-9-20(16)27)31(29,30)28-14-19(25-22(28)24)15-4-6-17(23)7-5-15/h2-9,11,13,19H,10,12,14H2,1H3,(H2,24,25). The fraction of sp³-hybridized carbons (Fsp3) is 0.227. The van der Waals surface area contributed by atoms with E-state index in [4.69, 9.17) is 5.73 Å². The number of nitrogens with zero attached hydrogens (tertiary/aromatic N) is 4. The summed E-state index contributed by atoms with van der Waals surface area (Å²) in [5.41, 5.74) is 8.69. The minimum atomic E-state index is -3.86. The molecule has 160 valence electrons. The SMILES string of the molecule is Cn1cccc1N1CCc2cc(S(=O)(=O)N3CC(c4ccc(F)cc4)N=C3N)ccc21. The van der Waals surface area contributed by atoms with E-state index in [9.17, 15) is 12.8 Å². The van der Waals surface area contributed by atoms with E-state index in [1.807, 2.05) is 36.0 Å². The van der Waals surface area contributed by atoms with Gasteiger partial charge in [-0.05, 0) is 60.0 Å². The van der Waals surface area contributed by atoms with Gasteiger partial charge in [0.15, 0.2) is 0 Å². The predicted octanol–water partition coefficient (Wildman–Crippen LogP) is 2.92. The average Bonchev–Trinajstić information content (AvgIpc) is 3.46. The van der Waals surface area contributed by atoms with Crippen LogP contribution < -0.4 is 10.6 Å². The fourth-order valence-electron chi connectivity index (χ4n) is 4.24. The summed E-state index contributed by atoms with van der Waals surface area (Å²) < 4.78 is 43.0. The minimum absolute atomic E-state index is 0.0553. The van der Waals surface area contributed by atoms with Gasteiger partial charge in [-0.15, -0.1) is 0 Å². The second kappa shape index (κ2) is 7.12. The summed E-state index contributed by atoms with van der Waals surface area (Å²) in [5, 5.41) is 0. The monoisotopic (exact) mass is 439 g/mol. The van der Waals surface area contributed by atoms with Crippen molar-refractivity contribution < 1.29 is 12.8 Å². The summed E-state index contributed by atoms with van der Waals surface area (Å²) in [5.74, 6) is 0.651. The molecule has 1 atom stereocenters. The molecule has 1 aromatic heterocycles. The van der Waals surface area contributed by atoms with Crippen LogP contribution in [0.1, 0.15) is 17.2 Å². The zero-order valence-electron chi connectivity index (χ0n) is 16.9. The van der Waals surface area contributed by atoms with Crippen molar-refractivity contribution in [1.82, 2.24) is 8.87 Å². The Kier molecular flexibility index (Phi) is 4.51. The Labute approximate surface area is 180 Å². The van der Waals surface area contributed by atoms with Gasteiger partial charge in [-0.2, -0.15) is 0 Å². The molecule has 0 bridgehead atoms.